The van der Waals surface area contributed by atoms with Gasteiger partial charge in [0.2, 0.25) is 0 Å². The molecule has 0 saturated heterocycles. The van der Waals surface area contributed by atoms with E-state index in [0.29, 0.717) is 13.2 Å². The number of ether oxygens (including phenoxy) is 1. The SMILES string of the molecule is Cc1cc(C)c(C)c(OCc2nc(CN)cs2)c1. The molecule has 2 N–H and O–H groups in total. The third-order valence-corrected chi connectivity index (χ3v) is 3.79. The Morgan fingerprint density at radius 3 is 2.72 bits per heavy atom. The van der Waals surface area contributed by atoms with Gasteiger partial charge in [0.1, 0.15) is 17.4 Å². The Kier molecular flexibility index (Phi) is 3.99. The lowest BCUT2D eigenvalue weighted by atomic mass is 10.1. The van der Waals surface area contributed by atoms with Crippen LogP contribution in [0.3, 0.4) is 0 Å². The van der Waals surface area contributed by atoms with E-state index in [9.17, 15) is 0 Å². The van der Waals surface area contributed by atoms with Crippen LogP contribution in [-0.2, 0) is 13.2 Å². The van der Waals surface area contributed by atoms with Gasteiger partial charge in [-0.1, -0.05) is 6.07 Å². The van der Waals surface area contributed by atoms with Gasteiger partial charge in [-0.15, -0.1) is 11.3 Å². The van der Waals surface area contributed by atoms with Crippen LogP contribution in [-0.4, -0.2) is 4.98 Å². The first kappa shape index (κ1) is 13.1. The number of aryl methyl sites for hydroxylation is 2. The predicted octanol–water partition coefficient (Wildman–Crippen LogP) is 3.11. The van der Waals surface area contributed by atoms with Gasteiger partial charge in [0.25, 0.3) is 0 Å². The topological polar surface area (TPSA) is 48.1 Å². The van der Waals surface area contributed by atoms with Crippen molar-refractivity contribution < 1.29 is 4.74 Å². The summed E-state index contributed by atoms with van der Waals surface area (Å²) in [5.41, 5.74) is 10.1. The van der Waals surface area contributed by atoms with E-state index in [1.165, 1.54) is 16.7 Å². The van der Waals surface area contributed by atoms with Gasteiger partial charge in [0, 0.05) is 11.9 Å². The Hall–Kier alpha value is -1.39. The lowest BCUT2D eigenvalue weighted by Gasteiger charge is -2.11. The summed E-state index contributed by atoms with van der Waals surface area (Å²) in [6.07, 6.45) is 0. The van der Waals surface area contributed by atoms with Crippen molar-refractivity contribution in [2.45, 2.75) is 33.9 Å². The molecule has 0 spiro atoms. The first-order valence-corrected chi connectivity index (χ1v) is 6.82. The molecule has 0 fully saturated rings. The minimum absolute atomic E-state index is 0.485. The molecule has 0 atom stereocenters. The van der Waals surface area contributed by atoms with Gasteiger partial charge < -0.3 is 10.5 Å². The normalized spacial score (nSPS) is 10.7. The highest BCUT2D eigenvalue weighted by Crippen LogP contribution is 2.24. The molecule has 1 aromatic carbocycles. The van der Waals surface area contributed by atoms with Crippen LogP contribution in [0.4, 0.5) is 0 Å². The Morgan fingerprint density at radius 1 is 1.28 bits per heavy atom. The Labute approximate surface area is 112 Å². The van der Waals surface area contributed by atoms with E-state index in [-0.39, 0.29) is 0 Å². The van der Waals surface area contributed by atoms with E-state index in [0.717, 1.165) is 16.5 Å². The van der Waals surface area contributed by atoms with Crippen LogP contribution >= 0.6 is 11.3 Å². The second-order valence-electron chi connectivity index (χ2n) is 4.43. The van der Waals surface area contributed by atoms with Crippen LogP contribution in [0.2, 0.25) is 0 Å². The van der Waals surface area contributed by atoms with E-state index in [2.05, 4.69) is 37.9 Å². The van der Waals surface area contributed by atoms with Crippen molar-refractivity contribution in [3.05, 3.63) is 44.9 Å². The van der Waals surface area contributed by atoms with Crippen LogP contribution in [0.15, 0.2) is 17.5 Å². The van der Waals surface area contributed by atoms with Crippen molar-refractivity contribution in [3.8, 4) is 5.75 Å². The highest BCUT2D eigenvalue weighted by Gasteiger charge is 2.06. The van der Waals surface area contributed by atoms with E-state index in [1.54, 1.807) is 11.3 Å². The first-order chi connectivity index (χ1) is 8.60. The molecule has 0 amide bonds. The van der Waals surface area contributed by atoms with E-state index >= 15 is 0 Å². The largest absolute Gasteiger partial charge is 0.486 e. The summed E-state index contributed by atoms with van der Waals surface area (Å²) < 4.78 is 5.85. The minimum Gasteiger partial charge on any atom is -0.486 e. The molecule has 0 aliphatic heterocycles. The number of nitrogens with two attached hydrogens (primary N) is 1. The molecule has 2 rings (SSSR count). The number of aromatic nitrogens is 1. The summed E-state index contributed by atoms with van der Waals surface area (Å²) in [6.45, 7) is 7.26. The van der Waals surface area contributed by atoms with Crippen molar-refractivity contribution >= 4 is 11.3 Å². The molecule has 18 heavy (non-hydrogen) atoms. The molecule has 2 aromatic rings. The number of hydrogen-bond acceptors (Lipinski definition) is 4. The predicted molar refractivity (Wildman–Crippen MR) is 75.0 cm³/mol. The molecule has 0 unspecified atom stereocenters. The Bertz CT molecular complexity index is 549. The molecular formula is C14H18N2OS. The van der Waals surface area contributed by atoms with Gasteiger partial charge in [-0.05, 0) is 43.5 Å². The summed E-state index contributed by atoms with van der Waals surface area (Å²) in [7, 11) is 0. The molecule has 0 saturated carbocycles. The summed E-state index contributed by atoms with van der Waals surface area (Å²) >= 11 is 1.59. The van der Waals surface area contributed by atoms with Gasteiger partial charge in [-0.25, -0.2) is 4.98 Å². The molecule has 1 heterocycles. The maximum atomic E-state index is 5.85. The number of nitrogens with zero attached hydrogens (tertiary/aromatic N) is 1. The molecule has 0 bridgehead atoms. The molecule has 96 valence electrons. The molecule has 0 radical (unpaired) electrons. The van der Waals surface area contributed by atoms with Crippen molar-refractivity contribution in [3.63, 3.8) is 0 Å². The van der Waals surface area contributed by atoms with Crippen molar-refractivity contribution in [1.82, 2.24) is 4.98 Å². The lowest BCUT2D eigenvalue weighted by Crippen LogP contribution is -2.00. The smallest absolute Gasteiger partial charge is 0.140 e. The third kappa shape index (κ3) is 2.89. The maximum Gasteiger partial charge on any atom is 0.140 e. The van der Waals surface area contributed by atoms with Crippen LogP contribution in [0, 0.1) is 20.8 Å². The summed E-state index contributed by atoms with van der Waals surface area (Å²) in [4.78, 5) is 4.39. The fourth-order valence-electron chi connectivity index (χ4n) is 1.80. The standard InChI is InChI=1S/C14H18N2OS/c1-9-4-10(2)11(3)13(5-9)17-7-14-16-12(6-15)8-18-14/h4-5,8H,6-7,15H2,1-3H3. The fourth-order valence-corrected chi connectivity index (χ4v) is 2.52. The molecular weight excluding hydrogens is 244 g/mol. The van der Waals surface area contributed by atoms with Crippen LogP contribution in [0.5, 0.6) is 5.75 Å². The summed E-state index contributed by atoms with van der Waals surface area (Å²) in [5, 5.41) is 2.95. The van der Waals surface area contributed by atoms with Gasteiger partial charge in [-0.3, -0.25) is 0 Å². The van der Waals surface area contributed by atoms with Gasteiger partial charge in [0.05, 0.1) is 5.69 Å². The second-order valence-corrected chi connectivity index (χ2v) is 5.37. The zero-order valence-electron chi connectivity index (χ0n) is 11.0. The van der Waals surface area contributed by atoms with Crippen molar-refractivity contribution in [2.75, 3.05) is 0 Å². The van der Waals surface area contributed by atoms with Crippen LogP contribution in [0.25, 0.3) is 0 Å². The molecule has 1 aromatic heterocycles. The number of rotatable bonds is 4. The molecule has 3 nitrogen and oxygen atoms in total. The summed E-state index contributed by atoms with van der Waals surface area (Å²) in [6, 6.07) is 4.23. The Morgan fingerprint density at radius 2 is 2.06 bits per heavy atom. The average molecular weight is 262 g/mol. The monoisotopic (exact) mass is 262 g/mol. The van der Waals surface area contributed by atoms with E-state index < -0.39 is 0 Å². The van der Waals surface area contributed by atoms with Crippen molar-refractivity contribution in [2.24, 2.45) is 5.73 Å². The molecule has 0 aliphatic rings. The number of thiazole rings is 1. The Balaban J connectivity index is 2.10. The van der Waals surface area contributed by atoms with Crippen LogP contribution in [0.1, 0.15) is 27.4 Å². The highest BCUT2D eigenvalue weighted by molar-refractivity contribution is 7.09. The average Bonchev–Trinajstić information content (AvgIpc) is 2.80. The number of hydrogen-bond donors (Lipinski definition) is 1. The lowest BCUT2D eigenvalue weighted by molar-refractivity contribution is 0.303. The number of benzene rings is 1. The fraction of sp³-hybridized carbons (Fsp3) is 0.357. The van der Waals surface area contributed by atoms with Gasteiger partial charge >= 0.3 is 0 Å². The molecule has 4 heteroatoms. The third-order valence-electron chi connectivity index (χ3n) is 2.92. The maximum absolute atomic E-state index is 5.85. The van der Waals surface area contributed by atoms with Gasteiger partial charge in [-0.2, -0.15) is 0 Å². The van der Waals surface area contributed by atoms with E-state index in [4.69, 9.17) is 10.5 Å². The second kappa shape index (κ2) is 5.50. The van der Waals surface area contributed by atoms with Crippen LogP contribution < -0.4 is 10.5 Å². The van der Waals surface area contributed by atoms with E-state index in [1.807, 2.05) is 5.38 Å². The quantitative estimate of drug-likeness (QED) is 0.921. The zero-order chi connectivity index (χ0) is 13.1. The van der Waals surface area contributed by atoms with Crippen molar-refractivity contribution in [1.29, 1.82) is 0 Å². The molecule has 0 aliphatic carbocycles. The summed E-state index contributed by atoms with van der Waals surface area (Å²) in [5.74, 6) is 0.942. The minimum atomic E-state index is 0.485. The zero-order valence-corrected chi connectivity index (χ0v) is 11.8. The highest BCUT2D eigenvalue weighted by atomic mass is 32.1. The van der Waals surface area contributed by atoms with Gasteiger partial charge in [0.15, 0.2) is 0 Å². The first-order valence-electron chi connectivity index (χ1n) is 5.94.